The summed E-state index contributed by atoms with van der Waals surface area (Å²) >= 11 is 12.6. The van der Waals surface area contributed by atoms with Crippen LogP contribution in [0.2, 0.25) is 5.02 Å². The Morgan fingerprint density at radius 1 is 1.21 bits per heavy atom. The van der Waals surface area contributed by atoms with Crippen LogP contribution in [0.15, 0.2) is 59.0 Å². The van der Waals surface area contributed by atoms with E-state index in [9.17, 15) is 0 Å². The topological polar surface area (TPSA) is 55.2 Å². The van der Waals surface area contributed by atoms with Crippen LogP contribution >= 0.6 is 35.6 Å². The highest BCUT2D eigenvalue weighted by molar-refractivity contribution is 7.99. The van der Waals surface area contributed by atoms with Crippen molar-refractivity contribution in [2.75, 3.05) is 6.73 Å². The second-order valence-electron chi connectivity index (χ2n) is 7.10. The SMILES string of the molecule is Cn1cnc(-c2ccc([C@H]3CC3N3COC(=S)N3)cc2)c1Sc1ccc(Cl)cn1. The zero-order valence-corrected chi connectivity index (χ0v) is 18.0. The molecule has 2 aliphatic rings. The van der Waals surface area contributed by atoms with Gasteiger partial charge in [-0.1, -0.05) is 35.9 Å². The third kappa shape index (κ3) is 3.85. The molecule has 2 aromatic heterocycles. The van der Waals surface area contributed by atoms with Crippen LogP contribution in [0.25, 0.3) is 11.3 Å². The maximum atomic E-state index is 5.95. The molecule has 6 nitrogen and oxygen atoms in total. The first-order valence-electron chi connectivity index (χ1n) is 9.19. The Morgan fingerprint density at radius 2 is 2.03 bits per heavy atom. The van der Waals surface area contributed by atoms with E-state index in [-0.39, 0.29) is 0 Å². The van der Waals surface area contributed by atoms with Gasteiger partial charge in [-0.05, 0) is 48.1 Å². The lowest BCUT2D eigenvalue weighted by molar-refractivity contribution is 0.156. The minimum atomic E-state index is 0.429. The molecule has 148 valence electrons. The number of hydrogen-bond acceptors (Lipinski definition) is 6. The molecular weight excluding hydrogens is 426 g/mol. The molecule has 9 heteroatoms. The van der Waals surface area contributed by atoms with Crippen molar-refractivity contribution in [3.63, 3.8) is 0 Å². The number of thiocarbonyl (C=S) groups is 1. The van der Waals surface area contributed by atoms with Gasteiger partial charge < -0.3 is 9.30 Å². The number of halogens is 1. The molecule has 1 saturated heterocycles. The summed E-state index contributed by atoms with van der Waals surface area (Å²) in [5.74, 6) is 0.497. The Labute approximate surface area is 183 Å². The van der Waals surface area contributed by atoms with Gasteiger partial charge in [-0.25, -0.2) is 9.97 Å². The number of pyridine rings is 1. The van der Waals surface area contributed by atoms with Gasteiger partial charge in [0.05, 0.1) is 11.3 Å². The number of benzene rings is 1. The first kappa shape index (κ1) is 18.9. The molecule has 3 heterocycles. The minimum Gasteiger partial charge on any atom is -0.452 e. The molecule has 0 amide bonds. The van der Waals surface area contributed by atoms with E-state index in [1.54, 1.807) is 18.0 Å². The van der Waals surface area contributed by atoms with Crippen molar-refractivity contribution in [3.05, 3.63) is 59.5 Å². The van der Waals surface area contributed by atoms with E-state index in [2.05, 4.69) is 44.7 Å². The van der Waals surface area contributed by atoms with E-state index in [1.807, 2.05) is 30.1 Å². The van der Waals surface area contributed by atoms with E-state index in [0.717, 1.165) is 27.7 Å². The summed E-state index contributed by atoms with van der Waals surface area (Å²) < 4.78 is 7.34. The fraction of sp³-hybridized carbons (Fsp3) is 0.250. The maximum Gasteiger partial charge on any atom is 0.273 e. The van der Waals surface area contributed by atoms with Crippen molar-refractivity contribution in [1.82, 2.24) is 25.0 Å². The predicted octanol–water partition coefficient (Wildman–Crippen LogP) is 4.22. The molecule has 1 saturated carbocycles. The zero-order valence-electron chi connectivity index (χ0n) is 15.6. The van der Waals surface area contributed by atoms with Gasteiger partial charge in [0.1, 0.15) is 15.7 Å². The number of nitrogens with one attached hydrogen (secondary N) is 1. The van der Waals surface area contributed by atoms with Gasteiger partial charge in [0.15, 0.2) is 6.73 Å². The molecule has 0 bridgehead atoms. The van der Waals surface area contributed by atoms with Gasteiger partial charge in [0.2, 0.25) is 0 Å². The molecule has 1 aliphatic heterocycles. The summed E-state index contributed by atoms with van der Waals surface area (Å²) in [5, 5.41) is 5.10. The van der Waals surface area contributed by atoms with Gasteiger partial charge in [0, 0.05) is 30.8 Å². The molecule has 1 N–H and O–H groups in total. The van der Waals surface area contributed by atoms with Gasteiger partial charge in [-0.2, -0.15) is 5.01 Å². The van der Waals surface area contributed by atoms with Crippen LogP contribution in [0, 0.1) is 0 Å². The first-order chi connectivity index (χ1) is 14.1. The Kier molecular flexibility index (Phi) is 4.95. The number of hydrazine groups is 1. The van der Waals surface area contributed by atoms with E-state index >= 15 is 0 Å². The molecular formula is C20H18ClN5OS2. The van der Waals surface area contributed by atoms with Crippen molar-refractivity contribution < 1.29 is 4.74 Å². The van der Waals surface area contributed by atoms with Crippen LogP contribution in [0.3, 0.4) is 0 Å². The second-order valence-corrected chi connectivity index (χ2v) is 8.92. The highest BCUT2D eigenvalue weighted by atomic mass is 35.5. The van der Waals surface area contributed by atoms with Crippen LogP contribution in [0.5, 0.6) is 0 Å². The van der Waals surface area contributed by atoms with Crippen LogP contribution < -0.4 is 5.43 Å². The minimum absolute atomic E-state index is 0.429. The number of imidazole rings is 1. The largest absolute Gasteiger partial charge is 0.452 e. The lowest BCUT2D eigenvalue weighted by Gasteiger charge is -2.12. The fourth-order valence-electron chi connectivity index (χ4n) is 3.52. The van der Waals surface area contributed by atoms with Gasteiger partial charge in [-0.3, -0.25) is 5.43 Å². The molecule has 1 unspecified atom stereocenters. The molecule has 2 fully saturated rings. The van der Waals surface area contributed by atoms with Crippen molar-refractivity contribution in [1.29, 1.82) is 0 Å². The summed E-state index contributed by atoms with van der Waals surface area (Å²) in [6.45, 7) is 0.519. The Morgan fingerprint density at radius 3 is 2.72 bits per heavy atom. The summed E-state index contributed by atoms with van der Waals surface area (Å²) in [6, 6.07) is 12.9. The Bertz CT molecular complexity index is 1050. The monoisotopic (exact) mass is 443 g/mol. The number of ether oxygens (including phenoxy) is 1. The van der Waals surface area contributed by atoms with Crippen LogP contribution in [-0.4, -0.2) is 37.5 Å². The van der Waals surface area contributed by atoms with Crippen LogP contribution in [0.1, 0.15) is 17.9 Å². The van der Waals surface area contributed by atoms with Crippen molar-refractivity contribution in [2.24, 2.45) is 7.05 Å². The molecule has 2 atom stereocenters. The summed E-state index contributed by atoms with van der Waals surface area (Å²) in [7, 11) is 1.99. The normalized spacial score (nSPS) is 21.1. The number of aromatic nitrogens is 3. The van der Waals surface area contributed by atoms with Gasteiger partial charge in [-0.15, -0.1) is 0 Å². The summed E-state index contributed by atoms with van der Waals surface area (Å²) in [4.78, 5) is 9.00. The fourth-order valence-corrected chi connectivity index (χ4v) is 4.70. The standard InChI is InChI=1S/C20H18ClN5OS2/c1-25-10-23-18(19(25)29-17-7-6-14(21)9-22-17)13-4-2-12(3-5-13)15-8-16(15)26-11-27-20(28)24-26/h2-7,9-10,15-16H,8,11H2,1H3,(H,24,28)/t15-,16?/m1/s1. The number of hydrogen-bond donors (Lipinski definition) is 1. The molecule has 1 aliphatic carbocycles. The van der Waals surface area contributed by atoms with Crippen molar-refractivity contribution in [3.8, 4) is 11.3 Å². The van der Waals surface area contributed by atoms with Crippen molar-refractivity contribution in [2.45, 2.75) is 28.4 Å². The number of aryl methyl sites for hydroxylation is 1. The first-order valence-corrected chi connectivity index (χ1v) is 10.8. The lowest BCUT2D eigenvalue weighted by atomic mass is 10.1. The van der Waals surface area contributed by atoms with Gasteiger partial charge in [0.25, 0.3) is 5.17 Å². The van der Waals surface area contributed by atoms with E-state index in [0.29, 0.717) is 28.9 Å². The maximum absolute atomic E-state index is 5.95. The lowest BCUT2D eigenvalue weighted by Crippen LogP contribution is -2.35. The molecule has 29 heavy (non-hydrogen) atoms. The third-order valence-electron chi connectivity index (χ3n) is 5.12. The molecule has 3 aromatic rings. The molecule has 1 aromatic carbocycles. The Balaban J connectivity index is 1.33. The Hall–Kier alpha value is -2.13. The predicted molar refractivity (Wildman–Crippen MR) is 117 cm³/mol. The van der Waals surface area contributed by atoms with Crippen LogP contribution in [0.4, 0.5) is 0 Å². The van der Waals surface area contributed by atoms with E-state index in [4.69, 9.17) is 28.6 Å². The zero-order chi connectivity index (χ0) is 20.0. The summed E-state index contributed by atoms with van der Waals surface area (Å²) in [6.07, 6.45) is 4.60. The van der Waals surface area contributed by atoms with Gasteiger partial charge >= 0.3 is 0 Å². The summed E-state index contributed by atoms with van der Waals surface area (Å²) in [5.41, 5.74) is 6.47. The quantitative estimate of drug-likeness (QED) is 0.592. The highest BCUT2D eigenvalue weighted by Crippen LogP contribution is 2.45. The van der Waals surface area contributed by atoms with Crippen molar-refractivity contribution >= 4 is 40.8 Å². The smallest absolute Gasteiger partial charge is 0.273 e. The average Bonchev–Trinajstić information content (AvgIpc) is 3.28. The highest BCUT2D eigenvalue weighted by Gasteiger charge is 2.45. The second kappa shape index (κ2) is 7.60. The van der Waals surface area contributed by atoms with E-state index < -0.39 is 0 Å². The molecule has 0 spiro atoms. The average molecular weight is 444 g/mol. The molecule has 5 rings (SSSR count). The molecule has 0 radical (unpaired) electrons. The third-order valence-corrected chi connectivity index (χ3v) is 6.68. The van der Waals surface area contributed by atoms with E-state index in [1.165, 1.54) is 5.56 Å². The van der Waals surface area contributed by atoms with Crippen LogP contribution in [-0.2, 0) is 11.8 Å². The number of nitrogens with zero attached hydrogens (tertiary/aromatic N) is 4. The number of rotatable bonds is 5.